The van der Waals surface area contributed by atoms with Crippen LogP contribution in [0.1, 0.15) is 35.6 Å². The largest absolute Gasteiger partial charge is 0.205 e. The van der Waals surface area contributed by atoms with Crippen LogP contribution in [0.2, 0.25) is 0 Å². The molecule has 1 nitrogen and oxygen atoms in total. The van der Waals surface area contributed by atoms with E-state index < -0.39 is 17.2 Å². The van der Waals surface area contributed by atoms with Gasteiger partial charge in [0.15, 0.2) is 0 Å². The van der Waals surface area contributed by atoms with Crippen LogP contribution >= 0.6 is 0 Å². The quantitative estimate of drug-likeness (QED) is 0.305. The van der Waals surface area contributed by atoms with Crippen LogP contribution in [-0.4, -0.2) is 0 Å². The van der Waals surface area contributed by atoms with Crippen molar-refractivity contribution in [2.75, 3.05) is 0 Å². The van der Waals surface area contributed by atoms with Gasteiger partial charge in [-0.15, -0.1) is 0 Å². The Kier molecular flexibility index (Phi) is 6.63. The third kappa shape index (κ3) is 5.17. The molecule has 0 radical (unpaired) electrons. The van der Waals surface area contributed by atoms with E-state index in [0.717, 1.165) is 29.5 Å². The fourth-order valence-corrected chi connectivity index (χ4v) is 3.64. The van der Waals surface area contributed by atoms with E-state index >= 15 is 0 Å². The van der Waals surface area contributed by atoms with Gasteiger partial charge in [-0.3, -0.25) is 0 Å². The topological polar surface area (TPSA) is 23.8 Å². The van der Waals surface area contributed by atoms with Crippen molar-refractivity contribution in [2.24, 2.45) is 0 Å². The van der Waals surface area contributed by atoms with Crippen LogP contribution in [0.5, 0.6) is 0 Å². The van der Waals surface area contributed by atoms with Crippen LogP contribution in [0.15, 0.2) is 84.9 Å². The van der Waals surface area contributed by atoms with Crippen molar-refractivity contribution in [1.82, 2.24) is 0 Å². The summed E-state index contributed by atoms with van der Waals surface area (Å²) < 4.78 is 27.8. The summed E-state index contributed by atoms with van der Waals surface area (Å²) in [7, 11) is 0. The summed E-state index contributed by atoms with van der Waals surface area (Å²) in [4.78, 5) is 0. The number of rotatable bonds is 4. The zero-order chi connectivity index (χ0) is 23.2. The minimum absolute atomic E-state index is 0.377. The first-order chi connectivity index (χ1) is 16.1. The number of nitriles is 1. The molecular weight excluding hydrogens is 412 g/mol. The highest BCUT2D eigenvalue weighted by Gasteiger charge is 2.11. The van der Waals surface area contributed by atoms with Crippen molar-refractivity contribution in [1.29, 1.82) is 5.26 Å². The molecule has 0 aromatic heterocycles. The molecule has 0 heterocycles. The number of hydrogen-bond donors (Lipinski definition) is 0. The summed E-state index contributed by atoms with van der Waals surface area (Å²) in [5.74, 6) is 4.54. The number of benzene rings is 4. The average molecular weight is 434 g/mol. The van der Waals surface area contributed by atoms with Crippen LogP contribution in [-0.2, 0) is 6.42 Å². The highest BCUT2D eigenvalue weighted by atomic mass is 19.1. The van der Waals surface area contributed by atoms with Crippen molar-refractivity contribution < 1.29 is 8.78 Å². The van der Waals surface area contributed by atoms with Crippen molar-refractivity contribution in [2.45, 2.75) is 19.8 Å². The maximum Gasteiger partial charge on any atom is 0.144 e. The van der Waals surface area contributed by atoms with Gasteiger partial charge >= 0.3 is 0 Å². The molecule has 0 atom stereocenters. The monoisotopic (exact) mass is 433 g/mol. The maximum absolute atomic E-state index is 13.9. The predicted octanol–water partition coefficient (Wildman–Crippen LogP) is 7.52. The zero-order valence-corrected chi connectivity index (χ0v) is 18.2. The van der Waals surface area contributed by atoms with E-state index in [2.05, 4.69) is 55.2 Å². The Morgan fingerprint density at radius 2 is 1.06 bits per heavy atom. The lowest BCUT2D eigenvalue weighted by molar-refractivity contribution is 0.577. The van der Waals surface area contributed by atoms with Crippen molar-refractivity contribution in [3.63, 3.8) is 0 Å². The Morgan fingerprint density at radius 1 is 0.636 bits per heavy atom. The molecule has 4 aromatic carbocycles. The molecule has 0 saturated heterocycles. The maximum atomic E-state index is 13.9. The van der Waals surface area contributed by atoms with Gasteiger partial charge in [0.2, 0.25) is 0 Å². The number of halogens is 2. The molecule has 33 heavy (non-hydrogen) atoms. The number of hydrogen-bond acceptors (Lipinski definition) is 1. The molecule has 4 aromatic rings. The van der Waals surface area contributed by atoms with Crippen molar-refractivity contribution in [3.8, 4) is 40.2 Å². The Bertz CT molecular complexity index is 1340. The fraction of sp³-hybridized carbons (Fsp3) is 0.100. The first-order valence-corrected chi connectivity index (χ1v) is 10.8. The fourth-order valence-electron chi connectivity index (χ4n) is 3.64. The van der Waals surface area contributed by atoms with E-state index in [1.807, 2.05) is 24.3 Å². The van der Waals surface area contributed by atoms with E-state index in [4.69, 9.17) is 5.26 Å². The van der Waals surface area contributed by atoms with Gasteiger partial charge < -0.3 is 0 Å². The van der Waals surface area contributed by atoms with E-state index in [9.17, 15) is 8.78 Å². The van der Waals surface area contributed by atoms with Gasteiger partial charge in [0, 0.05) is 11.1 Å². The van der Waals surface area contributed by atoms with E-state index in [1.165, 1.54) is 29.3 Å². The summed E-state index contributed by atoms with van der Waals surface area (Å²) in [6.07, 6.45) is 2.24. The van der Waals surface area contributed by atoms with E-state index in [0.29, 0.717) is 11.1 Å². The van der Waals surface area contributed by atoms with Crippen LogP contribution in [0.25, 0.3) is 22.3 Å². The Morgan fingerprint density at radius 3 is 1.48 bits per heavy atom. The van der Waals surface area contributed by atoms with E-state index in [-0.39, 0.29) is 0 Å². The molecule has 0 bridgehead atoms. The molecule has 0 fully saturated rings. The van der Waals surface area contributed by atoms with Crippen LogP contribution < -0.4 is 0 Å². The first-order valence-electron chi connectivity index (χ1n) is 10.8. The molecule has 0 unspecified atom stereocenters. The van der Waals surface area contributed by atoms with Crippen LogP contribution in [0.4, 0.5) is 8.78 Å². The van der Waals surface area contributed by atoms with Gasteiger partial charge in [-0.05, 0) is 70.6 Å². The lowest BCUT2D eigenvalue weighted by Gasteiger charge is -2.04. The molecular formula is C30H21F2N. The molecule has 3 heteroatoms. The summed E-state index contributed by atoms with van der Waals surface area (Å²) in [5.41, 5.74) is 5.84. The second kappa shape index (κ2) is 9.94. The third-order valence-electron chi connectivity index (χ3n) is 5.43. The zero-order valence-electron chi connectivity index (χ0n) is 18.2. The Balaban J connectivity index is 1.48. The number of aryl methyl sites for hydroxylation is 1. The second-order valence-corrected chi connectivity index (χ2v) is 7.78. The molecule has 0 aliphatic heterocycles. The molecule has 0 saturated carbocycles. The minimum atomic E-state index is -0.864. The molecule has 0 aliphatic carbocycles. The standard InChI is InChI=1S/C30H21F2N/c1-2-3-21-6-12-24(13-7-21)25-14-8-22(9-15-25)4-5-23-10-16-26(17-11-23)27-18-29(31)28(20-33)30(32)19-27/h6-19H,2-3H2,1H3. The molecule has 4 rings (SSSR count). The van der Waals surface area contributed by atoms with Crippen molar-refractivity contribution in [3.05, 3.63) is 119 Å². The Hall–Kier alpha value is -4.21. The van der Waals surface area contributed by atoms with Gasteiger partial charge in [-0.1, -0.05) is 73.7 Å². The Labute approximate surface area is 193 Å². The summed E-state index contributed by atoms with van der Waals surface area (Å²) >= 11 is 0. The van der Waals surface area contributed by atoms with Gasteiger partial charge in [0.05, 0.1) is 0 Å². The summed E-state index contributed by atoms with van der Waals surface area (Å²) in [6.45, 7) is 2.18. The molecule has 0 N–H and O–H groups in total. The highest BCUT2D eigenvalue weighted by molar-refractivity contribution is 5.67. The third-order valence-corrected chi connectivity index (χ3v) is 5.43. The van der Waals surface area contributed by atoms with Gasteiger partial charge in [0.25, 0.3) is 0 Å². The molecule has 160 valence electrons. The van der Waals surface area contributed by atoms with Gasteiger partial charge in [0.1, 0.15) is 23.3 Å². The lowest BCUT2D eigenvalue weighted by atomic mass is 10.0. The van der Waals surface area contributed by atoms with Crippen LogP contribution in [0, 0.1) is 34.8 Å². The van der Waals surface area contributed by atoms with Gasteiger partial charge in [-0.2, -0.15) is 5.26 Å². The number of nitrogens with zero attached hydrogens (tertiary/aromatic N) is 1. The van der Waals surface area contributed by atoms with Crippen LogP contribution in [0.3, 0.4) is 0 Å². The summed E-state index contributed by atoms with van der Waals surface area (Å²) in [5, 5.41) is 8.81. The van der Waals surface area contributed by atoms with Crippen molar-refractivity contribution >= 4 is 0 Å². The van der Waals surface area contributed by atoms with Gasteiger partial charge in [-0.25, -0.2) is 8.78 Å². The molecule has 0 spiro atoms. The first kappa shape index (κ1) is 22.0. The lowest BCUT2D eigenvalue weighted by Crippen LogP contribution is -1.92. The minimum Gasteiger partial charge on any atom is -0.205 e. The molecule has 0 aliphatic rings. The predicted molar refractivity (Wildman–Crippen MR) is 128 cm³/mol. The van der Waals surface area contributed by atoms with E-state index in [1.54, 1.807) is 12.1 Å². The second-order valence-electron chi connectivity index (χ2n) is 7.78. The normalized spacial score (nSPS) is 10.2. The SMILES string of the molecule is CCCc1ccc(-c2ccc(C#Cc3ccc(-c4cc(F)c(C#N)c(F)c4)cc3)cc2)cc1. The highest BCUT2D eigenvalue weighted by Crippen LogP contribution is 2.25. The summed E-state index contributed by atoms with van der Waals surface area (Å²) in [6, 6.07) is 27.8. The smallest absolute Gasteiger partial charge is 0.144 e. The molecule has 0 amide bonds. The average Bonchev–Trinajstić information content (AvgIpc) is 2.84.